The number of rotatable bonds is 6. The second kappa shape index (κ2) is 6.12. The maximum absolute atomic E-state index is 12.3. The highest BCUT2D eigenvalue weighted by Gasteiger charge is 2.25. The molecule has 0 bridgehead atoms. The Morgan fingerprint density at radius 1 is 1.43 bits per heavy atom. The topological polar surface area (TPSA) is 97.1 Å². The zero-order valence-corrected chi connectivity index (χ0v) is 13.9. The summed E-state index contributed by atoms with van der Waals surface area (Å²) in [6.45, 7) is 7.95. The fourth-order valence-electron chi connectivity index (χ4n) is 1.97. The summed E-state index contributed by atoms with van der Waals surface area (Å²) in [7, 11) is -3.73. The number of nitrogens with one attached hydrogen (secondary N) is 2. The molecule has 0 radical (unpaired) electrons. The predicted octanol–water partition coefficient (Wildman–Crippen LogP) is 2.22. The lowest BCUT2D eigenvalue weighted by atomic mass is 10.3. The number of aryl methyl sites for hydroxylation is 2. The largest absolute Gasteiger partial charge is 0.360 e. The van der Waals surface area contributed by atoms with E-state index in [9.17, 15) is 8.42 Å². The van der Waals surface area contributed by atoms with Gasteiger partial charge in [-0.3, -0.25) is 4.72 Å². The molecule has 1 unspecified atom stereocenters. The van der Waals surface area contributed by atoms with Crippen LogP contribution in [0.4, 0.5) is 5.13 Å². The molecule has 0 aromatic carbocycles. The highest BCUT2D eigenvalue weighted by molar-refractivity contribution is 7.93. The first-order valence-corrected chi connectivity index (χ1v) is 8.86. The van der Waals surface area contributed by atoms with Crippen molar-refractivity contribution in [2.45, 2.75) is 38.6 Å². The molecule has 0 aliphatic rings. The van der Waals surface area contributed by atoms with Crippen molar-refractivity contribution in [3.8, 4) is 0 Å². The first kappa shape index (κ1) is 15.9. The molecule has 0 aliphatic carbocycles. The summed E-state index contributed by atoms with van der Waals surface area (Å²) in [6, 6.07) is 0.0727. The lowest BCUT2D eigenvalue weighted by molar-refractivity contribution is 0.390. The number of hydrogen-bond donors (Lipinski definition) is 2. The van der Waals surface area contributed by atoms with Gasteiger partial charge in [0.15, 0.2) is 15.8 Å². The minimum Gasteiger partial charge on any atom is -0.360 e. The minimum atomic E-state index is -3.73. The van der Waals surface area contributed by atoms with Crippen molar-refractivity contribution in [2.75, 3.05) is 11.3 Å². The van der Waals surface area contributed by atoms with Gasteiger partial charge >= 0.3 is 0 Å². The molecule has 0 aliphatic heterocycles. The van der Waals surface area contributed by atoms with E-state index in [1.165, 1.54) is 11.3 Å². The summed E-state index contributed by atoms with van der Waals surface area (Å²) in [5.74, 6) is 0.262. The van der Waals surface area contributed by atoms with E-state index in [0.717, 1.165) is 12.2 Å². The summed E-state index contributed by atoms with van der Waals surface area (Å²) in [4.78, 5) is 4.37. The van der Waals surface area contributed by atoms with Crippen molar-refractivity contribution in [1.82, 2.24) is 15.5 Å². The van der Waals surface area contributed by atoms with Crippen LogP contribution in [0, 0.1) is 13.8 Å². The number of hydrogen-bond acceptors (Lipinski definition) is 7. The fourth-order valence-corrected chi connectivity index (χ4v) is 4.36. The first-order valence-electron chi connectivity index (χ1n) is 6.49. The van der Waals surface area contributed by atoms with E-state index in [-0.39, 0.29) is 16.7 Å². The van der Waals surface area contributed by atoms with Crippen LogP contribution in [0.3, 0.4) is 0 Å². The van der Waals surface area contributed by atoms with Crippen LogP contribution in [0.5, 0.6) is 0 Å². The minimum absolute atomic E-state index is 0.0685. The highest BCUT2D eigenvalue weighted by atomic mass is 32.2. The van der Waals surface area contributed by atoms with Gasteiger partial charge in [0, 0.05) is 11.4 Å². The zero-order chi connectivity index (χ0) is 15.6. The van der Waals surface area contributed by atoms with Crippen LogP contribution in [-0.2, 0) is 10.0 Å². The van der Waals surface area contributed by atoms with Gasteiger partial charge in [-0.1, -0.05) is 12.1 Å². The molecule has 2 rings (SSSR count). The number of nitrogens with zero attached hydrogens (tertiary/aromatic N) is 2. The van der Waals surface area contributed by atoms with Crippen molar-refractivity contribution in [2.24, 2.45) is 0 Å². The SMILES string of the molecule is CCNC(C)c1csc(NS(=O)(=O)c2c(C)noc2C)n1. The Morgan fingerprint density at radius 3 is 2.71 bits per heavy atom. The predicted molar refractivity (Wildman–Crippen MR) is 81.0 cm³/mol. The number of sulfonamides is 1. The average Bonchev–Trinajstić information content (AvgIpc) is 2.96. The Hall–Kier alpha value is -1.45. The quantitative estimate of drug-likeness (QED) is 0.843. The summed E-state index contributed by atoms with van der Waals surface area (Å²) < 4.78 is 32.1. The molecular formula is C12H18N4O3S2. The molecule has 0 saturated carbocycles. The van der Waals surface area contributed by atoms with Crippen LogP contribution in [0.15, 0.2) is 14.8 Å². The van der Waals surface area contributed by atoms with E-state index in [4.69, 9.17) is 4.52 Å². The van der Waals surface area contributed by atoms with Gasteiger partial charge in [-0.15, -0.1) is 11.3 Å². The Balaban J connectivity index is 2.22. The maximum Gasteiger partial charge on any atom is 0.269 e. The molecule has 2 aromatic heterocycles. The van der Waals surface area contributed by atoms with Crippen molar-refractivity contribution in [1.29, 1.82) is 0 Å². The highest BCUT2D eigenvalue weighted by Crippen LogP contribution is 2.25. The zero-order valence-electron chi connectivity index (χ0n) is 12.3. The molecule has 7 nitrogen and oxygen atoms in total. The normalized spacial score (nSPS) is 13.3. The monoisotopic (exact) mass is 330 g/mol. The standard InChI is InChI=1S/C12H18N4O3S2/c1-5-13-7(2)10-6-20-12(14-10)16-21(17,18)11-8(3)15-19-9(11)4/h6-7,13H,5H2,1-4H3,(H,14,16). The lowest BCUT2D eigenvalue weighted by Gasteiger charge is -2.08. The van der Waals surface area contributed by atoms with E-state index in [2.05, 4.69) is 20.2 Å². The lowest BCUT2D eigenvalue weighted by Crippen LogP contribution is -2.18. The van der Waals surface area contributed by atoms with Crippen LogP contribution >= 0.6 is 11.3 Å². The van der Waals surface area contributed by atoms with Crippen LogP contribution < -0.4 is 10.0 Å². The maximum atomic E-state index is 12.3. The number of anilines is 1. The van der Waals surface area contributed by atoms with Gasteiger partial charge in [-0.05, 0) is 27.3 Å². The Morgan fingerprint density at radius 2 is 2.14 bits per heavy atom. The molecule has 116 valence electrons. The molecule has 9 heteroatoms. The average molecular weight is 330 g/mol. The summed E-state index contributed by atoms with van der Waals surface area (Å²) in [5, 5.41) is 9.05. The van der Waals surface area contributed by atoms with Crippen LogP contribution in [0.2, 0.25) is 0 Å². The van der Waals surface area contributed by atoms with Crippen molar-refractivity contribution >= 4 is 26.5 Å². The third kappa shape index (κ3) is 3.42. The summed E-state index contributed by atoms with van der Waals surface area (Å²) >= 11 is 1.25. The van der Waals surface area contributed by atoms with E-state index in [0.29, 0.717) is 10.8 Å². The van der Waals surface area contributed by atoms with Crippen LogP contribution in [0.1, 0.15) is 37.0 Å². The van der Waals surface area contributed by atoms with E-state index >= 15 is 0 Å². The smallest absolute Gasteiger partial charge is 0.269 e. The third-order valence-corrected chi connectivity index (χ3v) is 5.42. The van der Waals surface area contributed by atoms with E-state index < -0.39 is 10.0 Å². The van der Waals surface area contributed by atoms with Crippen molar-refractivity contribution in [3.05, 3.63) is 22.5 Å². The molecule has 21 heavy (non-hydrogen) atoms. The van der Waals surface area contributed by atoms with Crippen molar-refractivity contribution in [3.63, 3.8) is 0 Å². The van der Waals surface area contributed by atoms with Gasteiger partial charge in [0.1, 0.15) is 5.69 Å². The molecule has 1 atom stereocenters. The van der Waals surface area contributed by atoms with Gasteiger partial charge in [-0.2, -0.15) is 0 Å². The second-order valence-electron chi connectivity index (χ2n) is 4.62. The number of thiazole rings is 1. The van der Waals surface area contributed by atoms with Crippen LogP contribution in [0.25, 0.3) is 0 Å². The molecular weight excluding hydrogens is 312 g/mol. The van der Waals surface area contributed by atoms with Crippen molar-refractivity contribution < 1.29 is 12.9 Å². The van der Waals surface area contributed by atoms with Crippen LogP contribution in [-0.4, -0.2) is 25.1 Å². The molecule has 0 saturated heterocycles. The van der Waals surface area contributed by atoms with Gasteiger partial charge in [0.2, 0.25) is 0 Å². The molecule has 0 amide bonds. The Kier molecular flexibility index (Phi) is 4.64. The fraction of sp³-hybridized carbons (Fsp3) is 0.500. The Labute approximate surface area is 127 Å². The number of aromatic nitrogens is 2. The third-order valence-electron chi connectivity index (χ3n) is 2.93. The first-order chi connectivity index (χ1) is 9.85. The molecule has 2 aromatic rings. The summed E-state index contributed by atoms with van der Waals surface area (Å²) in [6.07, 6.45) is 0. The molecule has 0 spiro atoms. The van der Waals surface area contributed by atoms with E-state index in [1.807, 2.05) is 19.2 Å². The van der Waals surface area contributed by atoms with Gasteiger partial charge in [0.05, 0.1) is 5.69 Å². The van der Waals surface area contributed by atoms with Gasteiger partial charge < -0.3 is 9.84 Å². The molecule has 2 heterocycles. The molecule has 2 N–H and O–H groups in total. The van der Waals surface area contributed by atoms with E-state index in [1.54, 1.807) is 13.8 Å². The van der Waals surface area contributed by atoms with Gasteiger partial charge in [0.25, 0.3) is 10.0 Å². The second-order valence-corrected chi connectivity index (χ2v) is 7.09. The summed E-state index contributed by atoms with van der Waals surface area (Å²) in [5.41, 5.74) is 1.14. The molecule has 0 fully saturated rings. The van der Waals surface area contributed by atoms with Gasteiger partial charge in [-0.25, -0.2) is 13.4 Å². The Bertz CT molecular complexity index is 701.